The van der Waals surface area contributed by atoms with Crippen LogP contribution in [0.1, 0.15) is 19.3 Å². The van der Waals surface area contributed by atoms with Crippen LogP contribution in [0.25, 0.3) is 0 Å². The lowest BCUT2D eigenvalue weighted by Crippen LogP contribution is -2.44. The van der Waals surface area contributed by atoms with Crippen LogP contribution in [-0.2, 0) is 9.53 Å². The van der Waals surface area contributed by atoms with Crippen LogP contribution in [-0.4, -0.2) is 43.0 Å². The maximum absolute atomic E-state index is 12.5. The number of hydrogen-bond donors (Lipinski definition) is 0. The molecule has 15 heavy (non-hydrogen) atoms. The molecular weight excluding hydrogens is 204 g/mol. The Balaban J connectivity index is 1.73. The molecule has 0 aromatic heterocycles. The molecule has 2 rings (SSSR count). The predicted octanol–water partition coefficient (Wildman–Crippen LogP) is 1.28. The summed E-state index contributed by atoms with van der Waals surface area (Å²) in [6, 6.07) is 0. The van der Waals surface area contributed by atoms with Gasteiger partial charge in [0.15, 0.2) is 0 Å². The molecule has 1 aliphatic heterocycles. The minimum atomic E-state index is -2.52. The van der Waals surface area contributed by atoms with E-state index in [-0.39, 0.29) is 31.1 Å². The molecule has 5 heteroatoms. The summed E-state index contributed by atoms with van der Waals surface area (Å²) in [5.74, 6) is -2.63. The van der Waals surface area contributed by atoms with Gasteiger partial charge >= 0.3 is 0 Å². The fourth-order valence-electron chi connectivity index (χ4n) is 2.12. The summed E-state index contributed by atoms with van der Waals surface area (Å²) in [5, 5.41) is 0. The zero-order valence-electron chi connectivity index (χ0n) is 8.55. The highest BCUT2D eigenvalue weighted by atomic mass is 19.3. The number of carbonyl (C=O) groups is 1. The molecule has 2 aliphatic rings. The number of halogens is 2. The van der Waals surface area contributed by atoms with E-state index < -0.39 is 5.92 Å². The van der Waals surface area contributed by atoms with Crippen molar-refractivity contribution in [3.05, 3.63) is 0 Å². The monoisotopic (exact) mass is 219 g/mol. The van der Waals surface area contributed by atoms with E-state index in [2.05, 4.69) is 0 Å². The number of nitrogens with zero attached hydrogens (tertiary/aromatic N) is 1. The minimum absolute atomic E-state index is 0.00111. The van der Waals surface area contributed by atoms with Crippen molar-refractivity contribution in [3.63, 3.8) is 0 Å². The van der Waals surface area contributed by atoms with E-state index >= 15 is 0 Å². The molecule has 1 saturated carbocycles. The molecule has 1 saturated heterocycles. The number of ether oxygens (including phenoxy) is 1. The number of rotatable bonds is 2. The van der Waals surface area contributed by atoms with Crippen LogP contribution in [0.2, 0.25) is 0 Å². The minimum Gasteiger partial charge on any atom is -0.378 e. The summed E-state index contributed by atoms with van der Waals surface area (Å²) in [6.45, 7) is 2.32. The highest BCUT2D eigenvalue weighted by molar-refractivity contribution is 5.76. The largest absolute Gasteiger partial charge is 0.378 e. The first-order chi connectivity index (χ1) is 7.07. The van der Waals surface area contributed by atoms with E-state index in [0.717, 1.165) is 0 Å². The average Bonchev–Trinajstić information content (AvgIpc) is 2.16. The number of amides is 1. The van der Waals surface area contributed by atoms with Gasteiger partial charge in [0.1, 0.15) is 0 Å². The molecule has 0 aromatic rings. The Hall–Kier alpha value is -0.710. The molecule has 1 amide bonds. The molecule has 0 aromatic carbocycles. The van der Waals surface area contributed by atoms with E-state index in [4.69, 9.17) is 4.74 Å². The van der Waals surface area contributed by atoms with Gasteiger partial charge in [-0.15, -0.1) is 0 Å². The highest BCUT2D eigenvalue weighted by Gasteiger charge is 2.46. The van der Waals surface area contributed by atoms with E-state index in [9.17, 15) is 13.6 Å². The van der Waals surface area contributed by atoms with Gasteiger partial charge in [-0.2, -0.15) is 0 Å². The summed E-state index contributed by atoms with van der Waals surface area (Å²) in [7, 11) is 0. The van der Waals surface area contributed by atoms with Gasteiger partial charge < -0.3 is 9.64 Å². The van der Waals surface area contributed by atoms with Gasteiger partial charge in [-0.3, -0.25) is 4.79 Å². The molecular formula is C10H15F2NO2. The molecule has 0 atom stereocenters. The third kappa shape index (κ3) is 2.65. The molecule has 0 N–H and O–H groups in total. The lowest BCUT2D eigenvalue weighted by Gasteiger charge is -2.36. The zero-order valence-corrected chi connectivity index (χ0v) is 8.55. The normalized spacial score (nSPS) is 26.1. The first kappa shape index (κ1) is 10.8. The number of carbonyl (C=O) groups excluding carboxylic acids is 1. The van der Waals surface area contributed by atoms with Crippen molar-refractivity contribution in [1.29, 1.82) is 0 Å². The van der Waals surface area contributed by atoms with E-state index in [1.165, 1.54) is 0 Å². The molecule has 0 radical (unpaired) electrons. The molecule has 1 heterocycles. The van der Waals surface area contributed by atoms with Gasteiger partial charge in [0.2, 0.25) is 11.8 Å². The van der Waals surface area contributed by atoms with Gasteiger partial charge in [-0.25, -0.2) is 8.78 Å². The summed E-state index contributed by atoms with van der Waals surface area (Å²) in [5.41, 5.74) is 0. The van der Waals surface area contributed by atoms with Crippen molar-refractivity contribution < 1.29 is 18.3 Å². The zero-order chi connectivity index (χ0) is 10.9. The van der Waals surface area contributed by atoms with Crippen LogP contribution in [0.15, 0.2) is 0 Å². The van der Waals surface area contributed by atoms with Crippen LogP contribution in [0.3, 0.4) is 0 Å². The van der Waals surface area contributed by atoms with Crippen LogP contribution < -0.4 is 0 Å². The van der Waals surface area contributed by atoms with E-state index in [1.807, 2.05) is 0 Å². The molecule has 0 spiro atoms. The van der Waals surface area contributed by atoms with E-state index in [1.54, 1.807) is 4.90 Å². The molecule has 3 nitrogen and oxygen atoms in total. The van der Waals surface area contributed by atoms with Crippen molar-refractivity contribution in [1.82, 2.24) is 4.90 Å². The Morgan fingerprint density at radius 1 is 1.33 bits per heavy atom. The number of alkyl halides is 2. The number of morpholine rings is 1. The Kier molecular flexibility index (Phi) is 2.91. The highest BCUT2D eigenvalue weighted by Crippen LogP contribution is 2.44. The summed E-state index contributed by atoms with van der Waals surface area (Å²) < 4.78 is 30.2. The van der Waals surface area contributed by atoms with Gasteiger partial charge in [0, 0.05) is 32.4 Å². The summed E-state index contributed by atoms with van der Waals surface area (Å²) >= 11 is 0. The second kappa shape index (κ2) is 4.04. The van der Waals surface area contributed by atoms with Crippen molar-refractivity contribution in [2.24, 2.45) is 5.92 Å². The van der Waals surface area contributed by atoms with E-state index in [0.29, 0.717) is 26.3 Å². The molecule has 0 unspecified atom stereocenters. The van der Waals surface area contributed by atoms with Gasteiger partial charge in [-0.1, -0.05) is 0 Å². The standard InChI is InChI=1S/C10H15F2NO2/c11-10(12)6-8(7-10)5-9(14)13-1-3-15-4-2-13/h8H,1-7H2. The average molecular weight is 219 g/mol. The first-order valence-electron chi connectivity index (χ1n) is 5.30. The number of hydrogen-bond acceptors (Lipinski definition) is 2. The Morgan fingerprint density at radius 3 is 2.47 bits per heavy atom. The third-order valence-electron chi connectivity index (χ3n) is 3.00. The van der Waals surface area contributed by atoms with Gasteiger partial charge in [0.25, 0.3) is 0 Å². The second-order valence-electron chi connectivity index (χ2n) is 4.33. The van der Waals surface area contributed by atoms with Crippen molar-refractivity contribution in [3.8, 4) is 0 Å². The fraction of sp³-hybridized carbons (Fsp3) is 0.900. The molecule has 1 aliphatic carbocycles. The fourth-order valence-corrected chi connectivity index (χ4v) is 2.12. The topological polar surface area (TPSA) is 29.5 Å². The third-order valence-corrected chi connectivity index (χ3v) is 3.00. The van der Waals surface area contributed by atoms with Crippen molar-refractivity contribution >= 4 is 5.91 Å². The molecule has 0 bridgehead atoms. The Labute approximate surface area is 87.4 Å². The maximum atomic E-state index is 12.5. The smallest absolute Gasteiger partial charge is 0.248 e. The maximum Gasteiger partial charge on any atom is 0.248 e. The van der Waals surface area contributed by atoms with Crippen molar-refractivity contribution in [2.75, 3.05) is 26.3 Å². The van der Waals surface area contributed by atoms with Gasteiger partial charge in [-0.05, 0) is 5.92 Å². The van der Waals surface area contributed by atoms with Crippen LogP contribution in [0.4, 0.5) is 8.78 Å². The Bertz CT molecular complexity index is 244. The van der Waals surface area contributed by atoms with Crippen LogP contribution in [0.5, 0.6) is 0 Å². The second-order valence-corrected chi connectivity index (χ2v) is 4.33. The van der Waals surface area contributed by atoms with Crippen molar-refractivity contribution in [2.45, 2.75) is 25.2 Å². The lowest BCUT2D eigenvalue weighted by molar-refractivity contribution is -0.145. The lowest BCUT2D eigenvalue weighted by atomic mass is 9.79. The summed E-state index contributed by atoms with van der Waals surface area (Å²) in [6.07, 6.45) is 0.0295. The molecule has 2 fully saturated rings. The van der Waals surface area contributed by atoms with Crippen LogP contribution in [0, 0.1) is 5.92 Å². The van der Waals surface area contributed by atoms with Gasteiger partial charge in [0.05, 0.1) is 13.2 Å². The molecule has 86 valence electrons. The SMILES string of the molecule is O=C(CC1CC(F)(F)C1)N1CCOCC1. The van der Waals surface area contributed by atoms with Crippen LogP contribution >= 0.6 is 0 Å². The predicted molar refractivity (Wildman–Crippen MR) is 49.7 cm³/mol. The quantitative estimate of drug-likeness (QED) is 0.700. The summed E-state index contributed by atoms with van der Waals surface area (Å²) in [4.78, 5) is 13.3. The first-order valence-corrected chi connectivity index (χ1v) is 5.30. The Morgan fingerprint density at radius 2 is 1.93 bits per heavy atom.